The van der Waals surface area contributed by atoms with Crippen LogP contribution in [0.25, 0.3) is 11.3 Å². The van der Waals surface area contributed by atoms with Crippen molar-refractivity contribution in [1.29, 1.82) is 0 Å². The normalized spacial score (nSPS) is 10.8. The Kier molecular flexibility index (Phi) is 4.15. The third-order valence-electron chi connectivity index (χ3n) is 3.08. The Morgan fingerprint density at radius 3 is 2.56 bits per heavy atom. The molecule has 2 rings (SSSR count). The van der Waals surface area contributed by atoms with Crippen molar-refractivity contribution in [2.24, 2.45) is 7.05 Å². The van der Waals surface area contributed by atoms with Crippen LogP contribution in [0.4, 0.5) is 0 Å². The van der Waals surface area contributed by atoms with E-state index in [1.807, 2.05) is 7.05 Å². The van der Waals surface area contributed by atoms with Gasteiger partial charge >= 0.3 is 0 Å². The lowest BCUT2D eigenvalue weighted by Crippen LogP contribution is -2.04. The van der Waals surface area contributed by atoms with Crippen molar-refractivity contribution in [2.45, 2.75) is 26.3 Å². The number of aromatic nitrogens is 2. The van der Waals surface area contributed by atoms with Crippen LogP contribution in [0.1, 0.15) is 24.7 Å². The molecule has 0 radical (unpaired) electrons. The monoisotopic (exact) mass is 243 g/mol. The first-order valence-corrected chi connectivity index (χ1v) is 6.50. The number of nitrogens with zero attached hydrogens (tertiary/aromatic N) is 2. The highest BCUT2D eigenvalue weighted by Crippen LogP contribution is 2.19. The zero-order valence-corrected chi connectivity index (χ0v) is 11.4. The lowest BCUT2D eigenvalue weighted by atomic mass is 10.1. The molecule has 1 aromatic heterocycles. The van der Waals surface area contributed by atoms with Gasteiger partial charge in [0.2, 0.25) is 0 Å². The van der Waals surface area contributed by atoms with Crippen molar-refractivity contribution in [3.05, 3.63) is 41.9 Å². The molecule has 0 atom stereocenters. The highest BCUT2D eigenvalue weighted by molar-refractivity contribution is 5.59. The van der Waals surface area contributed by atoms with Crippen LogP contribution in [0, 0.1) is 0 Å². The molecule has 0 saturated heterocycles. The minimum atomic E-state index is 0.906. The zero-order chi connectivity index (χ0) is 13.0. The first-order chi connectivity index (χ1) is 8.74. The third-order valence-corrected chi connectivity index (χ3v) is 3.08. The highest BCUT2D eigenvalue weighted by Gasteiger charge is 2.06. The van der Waals surface area contributed by atoms with E-state index in [1.54, 1.807) is 0 Å². The van der Waals surface area contributed by atoms with Gasteiger partial charge in [0.15, 0.2) is 0 Å². The van der Waals surface area contributed by atoms with Gasteiger partial charge in [-0.2, -0.15) is 0 Å². The molecule has 3 heteroatoms. The summed E-state index contributed by atoms with van der Waals surface area (Å²) in [5.74, 6) is 1.16. The van der Waals surface area contributed by atoms with Crippen molar-refractivity contribution in [2.75, 3.05) is 7.05 Å². The Hall–Kier alpha value is -1.61. The number of nitrogens with one attached hydrogen (secondary N) is 1. The van der Waals surface area contributed by atoms with Crippen LogP contribution in [0.5, 0.6) is 0 Å². The Bertz CT molecular complexity index is 497. The fourth-order valence-electron chi connectivity index (χ4n) is 2.10. The van der Waals surface area contributed by atoms with E-state index in [0.29, 0.717) is 0 Å². The quantitative estimate of drug-likeness (QED) is 0.875. The van der Waals surface area contributed by atoms with Gasteiger partial charge in [0.25, 0.3) is 0 Å². The van der Waals surface area contributed by atoms with E-state index in [-0.39, 0.29) is 0 Å². The summed E-state index contributed by atoms with van der Waals surface area (Å²) in [6.45, 7) is 3.09. The van der Waals surface area contributed by atoms with E-state index >= 15 is 0 Å². The van der Waals surface area contributed by atoms with Crippen LogP contribution in [0.2, 0.25) is 0 Å². The summed E-state index contributed by atoms with van der Waals surface area (Å²) in [4.78, 5) is 4.69. The minimum Gasteiger partial charge on any atom is -0.337 e. The SMILES string of the molecule is CCCc1nc(-c2ccc(CNC)cc2)cn1C. The van der Waals surface area contributed by atoms with Gasteiger partial charge in [-0.1, -0.05) is 31.2 Å². The van der Waals surface area contributed by atoms with E-state index in [9.17, 15) is 0 Å². The summed E-state index contributed by atoms with van der Waals surface area (Å²) in [5.41, 5.74) is 3.55. The van der Waals surface area contributed by atoms with Crippen molar-refractivity contribution >= 4 is 0 Å². The maximum Gasteiger partial charge on any atom is 0.109 e. The van der Waals surface area contributed by atoms with Gasteiger partial charge in [-0.25, -0.2) is 4.98 Å². The van der Waals surface area contributed by atoms with Crippen LogP contribution in [-0.2, 0) is 20.0 Å². The van der Waals surface area contributed by atoms with Crippen LogP contribution >= 0.6 is 0 Å². The van der Waals surface area contributed by atoms with Crippen molar-refractivity contribution in [3.8, 4) is 11.3 Å². The van der Waals surface area contributed by atoms with Gasteiger partial charge in [0.05, 0.1) is 5.69 Å². The second-order valence-electron chi connectivity index (χ2n) is 4.63. The molecule has 0 saturated carbocycles. The van der Waals surface area contributed by atoms with E-state index in [4.69, 9.17) is 4.98 Å². The Morgan fingerprint density at radius 1 is 1.22 bits per heavy atom. The van der Waals surface area contributed by atoms with Crippen LogP contribution < -0.4 is 5.32 Å². The minimum absolute atomic E-state index is 0.906. The van der Waals surface area contributed by atoms with Crippen molar-refractivity contribution < 1.29 is 0 Å². The molecule has 3 nitrogen and oxygen atoms in total. The molecular formula is C15H21N3. The third kappa shape index (κ3) is 2.79. The summed E-state index contributed by atoms with van der Waals surface area (Å²) < 4.78 is 2.13. The average molecular weight is 243 g/mol. The average Bonchev–Trinajstić information content (AvgIpc) is 2.73. The first kappa shape index (κ1) is 12.8. The maximum atomic E-state index is 4.69. The molecule has 18 heavy (non-hydrogen) atoms. The molecule has 1 heterocycles. The number of rotatable bonds is 5. The van der Waals surface area contributed by atoms with Crippen LogP contribution in [0.15, 0.2) is 30.5 Å². The molecular weight excluding hydrogens is 222 g/mol. The Labute approximate surface area is 109 Å². The van der Waals surface area contributed by atoms with E-state index < -0.39 is 0 Å². The molecule has 2 aromatic rings. The molecule has 1 aromatic carbocycles. The summed E-state index contributed by atoms with van der Waals surface area (Å²) >= 11 is 0. The molecule has 0 unspecified atom stereocenters. The lowest BCUT2D eigenvalue weighted by Gasteiger charge is -2.01. The molecule has 1 N–H and O–H groups in total. The van der Waals surface area contributed by atoms with Gasteiger partial charge in [-0.15, -0.1) is 0 Å². The summed E-state index contributed by atoms with van der Waals surface area (Å²) in [5, 5.41) is 3.15. The summed E-state index contributed by atoms with van der Waals surface area (Å²) in [7, 11) is 4.03. The van der Waals surface area contributed by atoms with Gasteiger partial charge in [-0.05, 0) is 19.0 Å². The fourth-order valence-corrected chi connectivity index (χ4v) is 2.10. The van der Waals surface area contributed by atoms with Crippen LogP contribution in [0.3, 0.4) is 0 Å². The molecule has 0 aliphatic heterocycles. The highest BCUT2D eigenvalue weighted by atomic mass is 15.0. The number of imidazole rings is 1. The smallest absolute Gasteiger partial charge is 0.109 e. The molecule has 0 spiro atoms. The molecule has 0 aliphatic rings. The second-order valence-corrected chi connectivity index (χ2v) is 4.63. The topological polar surface area (TPSA) is 29.9 Å². The van der Waals surface area contributed by atoms with Crippen molar-refractivity contribution in [1.82, 2.24) is 14.9 Å². The molecule has 0 fully saturated rings. The van der Waals surface area contributed by atoms with E-state index in [0.717, 1.165) is 30.9 Å². The molecule has 0 bridgehead atoms. The zero-order valence-electron chi connectivity index (χ0n) is 11.4. The maximum absolute atomic E-state index is 4.69. The van der Waals surface area contributed by atoms with Gasteiger partial charge in [0.1, 0.15) is 5.82 Å². The standard InChI is InChI=1S/C15H21N3/c1-4-5-15-17-14(11-18(15)3)13-8-6-12(7-9-13)10-16-2/h6-9,11,16H,4-5,10H2,1-3H3. The number of hydrogen-bond acceptors (Lipinski definition) is 2. The van der Waals surface area contributed by atoms with E-state index in [1.165, 1.54) is 11.1 Å². The number of hydrogen-bond donors (Lipinski definition) is 1. The molecule has 96 valence electrons. The van der Waals surface area contributed by atoms with E-state index in [2.05, 4.69) is 54.3 Å². The lowest BCUT2D eigenvalue weighted by molar-refractivity contribution is 0.759. The van der Waals surface area contributed by atoms with Crippen LogP contribution in [-0.4, -0.2) is 16.6 Å². The molecule has 0 aliphatic carbocycles. The number of benzene rings is 1. The molecule has 0 amide bonds. The van der Waals surface area contributed by atoms with Crippen molar-refractivity contribution in [3.63, 3.8) is 0 Å². The van der Waals surface area contributed by atoms with Gasteiger partial charge in [0, 0.05) is 31.8 Å². The first-order valence-electron chi connectivity index (χ1n) is 6.50. The predicted octanol–water partition coefficient (Wildman–Crippen LogP) is 2.76. The van der Waals surface area contributed by atoms with Gasteiger partial charge < -0.3 is 9.88 Å². The second kappa shape index (κ2) is 5.83. The fraction of sp³-hybridized carbons (Fsp3) is 0.400. The largest absolute Gasteiger partial charge is 0.337 e. The summed E-state index contributed by atoms with van der Waals surface area (Å²) in [6, 6.07) is 8.59. The Morgan fingerprint density at radius 2 is 1.94 bits per heavy atom. The van der Waals surface area contributed by atoms with Gasteiger partial charge in [-0.3, -0.25) is 0 Å². The predicted molar refractivity (Wildman–Crippen MR) is 75.4 cm³/mol. The Balaban J connectivity index is 2.22. The summed E-state index contributed by atoms with van der Waals surface area (Å²) in [6.07, 6.45) is 4.28. The number of aryl methyl sites for hydroxylation is 2.